The number of carbonyl (C=O) groups excluding carboxylic acids is 1. The van der Waals surface area contributed by atoms with Crippen molar-refractivity contribution in [2.45, 2.75) is 63.8 Å². The lowest BCUT2D eigenvalue weighted by molar-refractivity contribution is 0.0626. The van der Waals surface area contributed by atoms with Crippen molar-refractivity contribution in [3.8, 4) is 0 Å². The van der Waals surface area contributed by atoms with Gasteiger partial charge < -0.3 is 25.2 Å². The molecule has 2 unspecified atom stereocenters. The lowest BCUT2D eigenvalue weighted by atomic mass is 10.1. The Bertz CT molecular complexity index is 1270. The number of piperazine rings is 1. The van der Waals surface area contributed by atoms with Crippen LogP contribution in [0.15, 0.2) is 36.7 Å². The number of benzene rings is 1. The maximum absolute atomic E-state index is 15.0. The van der Waals surface area contributed by atoms with E-state index in [4.69, 9.17) is 0 Å². The van der Waals surface area contributed by atoms with Crippen LogP contribution >= 0.6 is 0 Å². The van der Waals surface area contributed by atoms with Crippen molar-refractivity contribution in [2.24, 2.45) is 0 Å². The highest BCUT2D eigenvalue weighted by Crippen LogP contribution is 2.31. The van der Waals surface area contributed by atoms with Gasteiger partial charge in [-0.15, -0.1) is 0 Å². The van der Waals surface area contributed by atoms with E-state index in [1.807, 2.05) is 21.7 Å². The molecule has 0 saturated carbocycles. The molecule has 3 saturated heterocycles. The summed E-state index contributed by atoms with van der Waals surface area (Å²) in [6.45, 7) is 5.48. The largest absolute Gasteiger partial charge is 0.389 e. The van der Waals surface area contributed by atoms with Gasteiger partial charge in [0, 0.05) is 55.6 Å². The standard InChI is InChI=1S/C27H33F2N5O2/c1-27(2,36)16-33-9-7-18-10-19(13-32-25(18)33)26(35)30-8-6-17-11-23(29)24(12-22(17)28)34-15-20-4-3-5-21(34)14-31-20/h7,9-13,20-21,31,36H,3-6,8,14-16H2,1-2H3,(H,30,35). The zero-order valence-corrected chi connectivity index (χ0v) is 20.7. The second-order valence-electron chi connectivity index (χ2n) is 10.6. The number of hydrogen-bond donors (Lipinski definition) is 3. The summed E-state index contributed by atoms with van der Waals surface area (Å²) in [5.74, 6) is -1.20. The maximum Gasteiger partial charge on any atom is 0.252 e. The first-order valence-electron chi connectivity index (χ1n) is 12.6. The number of aromatic nitrogens is 2. The molecule has 2 aromatic heterocycles. The van der Waals surface area contributed by atoms with Crippen molar-refractivity contribution < 1.29 is 18.7 Å². The SMILES string of the molecule is CC(C)(O)Cn1ccc2cc(C(=O)NCCc3cc(F)c(N4CC5CCCC4CN5)cc3F)cnc21. The molecule has 1 amide bonds. The van der Waals surface area contributed by atoms with Gasteiger partial charge in [-0.3, -0.25) is 4.79 Å². The Balaban J connectivity index is 1.22. The number of halogens is 2. The van der Waals surface area contributed by atoms with Crippen LogP contribution in [-0.4, -0.2) is 57.9 Å². The molecular weight excluding hydrogens is 464 g/mol. The molecule has 9 heteroatoms. The fourth-order valence-corrected chi connectivity index (χ4v) is 5.36. The molecule has 0 aliphatic carbocycles. The van der Waals surface area contributed by atoms with Gasteiger partial charge in [0.2, 0.25) is 0 Å². The lowest BCUT2D eigenvalue weighted by Crippen LogP contribution is -2.54. The zero-order valence-electron chi connectivity index (χ0n) is 20.7. The van der Waals surface area contributed by atoms with Gasteiger partial charge in [-0.1, -0.05) is 0 Å². The number of pyridine rings is 1. The molecule has 0 radical (unpaired) electrons. The van der Waals surface area contributed by atoms with Crippen LogP contribution in [0.2, 0.25) is 0 Å². The third kappa shape index (κ3) is 5.22. The number of hydrogen-bond acceptors (Lipinski definition) is 5. The van der Waals surface area contributed by atoms with E-state index >= 15 is 4.39 Å². The first-order chi connectivity index (χ1) is 17.2. The smallest absolute Gasteiger partial charge is 0.252 e. The summed E-state index contributed by atoms with van der Waals surface area (Å²) in [4.78, 5) is 19.1. The minimum atomic E-state index is -0.888. The number of rotatable bonds is 7. The Kier molecular flexibility index (Phi) is 6.70. The number of fused-ring (bicyclic) bond motifs is 5. The molecule has 3 aliphatic rings. The second kappa shape index (κ2) is 9.78. The molecule has 3 aliphatic heterocycles. The van der Waals surface area contributed by atoms with E-state index in [1.165, 1.54) is 18.3 Å². The van der Waals surface area contributed by atoms with Gasteiger partial charge in [-0.05, 0) is 63.3 Å². The van der Waals surface area contributed by atoms with E-state index in [-0.39, 0.29) is 30.5 Å². The molecule has 5 heterocycles. The molecule has 2 bridgehead atoms. The molecule has 3 fully saturated rings. The van der Waals surface area contributed by atoms with Crippen LogP contribution in [0.1, 0.15) is 49.0 Å². The molecule has 0 spiro atoms. The van der Waals surface area contributed by atoms with E-state index < -0.39 is 17.2 Å². The average Bonchev–Trinajstić information content (AvgIpc) is 2.98. The summed E-state index contributed by atoms with van der Waals surface area (Å²) in [5.41, 5.74) is 0.747. The Hall–Kier alpha value is -3.04. The highest BCUT2D eigenvalue weighted by atomic mass is 19.1. The zero-order chi connectivity index (χ0) is 25.4. The fourth-order valence-electron chi connectivity index (χ4n) is 5.36. The van der Waals surface area contributed by atoms with E-state index in [1.54, 1.807) is 19.9 Å². The first kappa shape index (κ1) is 24.6. The first-order valence-corrected chi connectivity index (χ1v) is 12.6. The Labute approximate surface area is 209 Å². The van der Waals surface area contributed by atoms with Crippen molar-refractivity contribution in [1.29, 1.82) is 0 Å². The van der Waals surface area contributed by atoms with Crippen LogP contribution in [0.4, 0.5) is 14.5 Å². The second-order valence-corrected chi connectivity index (χ2v) is 10.6. The van der Waals surface area contributed by atoms with Crippen molar-refractivity contribution in [1.82, 2.24) is 20.2 Å². The predicted octanol–water partition coefficient (Wildman–Crippen LogP) is 3.39. The quantitative estimate of drug-likeness (QED) is 0.466. The molecular formula is C27H33F2N5O2. The van der Waals surface area contributed by atoms with Gasteiger partial charge in [-0.25, -0.2) is 13.8 Å². The average molecular weight is 498 g/mol. The van der Waals surface area contributed by atoms with Crippen molar-refractivity contribution in [3.63, 3.8) is 0 Å². The normalized spacial score (nSPS) is 20.1. The van der Waals surface area contributed by atoms with E-state index in [2.05, 4.69) is 15.6 Å². The van der Waals surface area contributed by atoms with Crippen LogP contribution < -0.4 is 15.5 Å². The van der Waals surface area contributed by atoms with Crippen LogP contribution in [0.5, 0.6) is 0 Å². The van der Waals surface area contributed by atoms with Crippen LogP contribution in [0.3, 0.4) is 0 Å². The van der Waals surface area contributed by atoms with Crippen molar-refractivity contribution in [3.05, 3.63) is 59.4 Å². The third-order valence-corrected chi connectivity index (χ3v) is 7.12. The summed E-state index contributed by atoms with van der Waals surface area (Å²) in [7, 11) is 0. The fraction of sp³-hybridized carbons (Fsp3) is 0.481. The highest BCUT2D eigenvalue weighted by Gasteiger charge is 2.32. The topological polar surface area (TPSA) is 82.4 Å². The van der Waals surface area contributed by atoms with Crippen LogP contribution in [-0.2, 0) is 13.0 Å². The van der Waals surface area contributed by atoms with Gasteiger partial charge in [0.1, 0.15) is 17.3 Å². The lowest BCUT2D eigenvalue weighted by Gasteiger charge is -2.39. The summed E-state index contributed by atoms with van der Waals surface area (Å²) in [5, 5.41) is 17.1. The number of anilines is 1. The van der Waals surface area contributed by atoms with Gasteiger partial charge in [0.05, 0.1) is 23.4 Å². The number of nitrogens with one attached hydrogen (secondary N) is 2. The van der Waals surface area contributed by atoms with Gasteiger partial charge >= 0.3 is 0 Å². The van der Waals surface area contributed by atoms with E-state index in [9.17, 15) is 14.3 Å². The number of aliphatic hydroxyl groups is 1. The summed E-state index contributed by atoms with van der Waals surface area (Å²) in [6, 6.07) is 6.65. The van der Waals surface area contributed by atoms with Crippen LogP contribution in [0, 0.1) is 11.6 Å². The number of carbonyl (C=O) groups is 1. The minimum absolute atomic E-state index is 0.171. The van der Waals surface area contributed by atoms with Crippen LogP contribution in [0.25, 0.3) is 11.0 Å². The number of amides is 1. The van der Waals surface area contributed by atoms with E-state index in [0.717, 1.165) is 31.2 Å². The van der Waals surface area contributed by atoms with Crippen molar-refractivity contribution >= 4 is 22.6 Å². The Morgan fingerprint density at radius 3 is 2.89 bits per heavy atom. The predicted molar refractivity (Wildman–Crippen MR) is 135 cm³/mol. The van der Waals surface area contributed by atoms with Gasteiger partial charge in [-0.2, -0.15) is 0 Å². The molecule has 7 nitrogen and oxygen atoms in total. The molecule has 3 N–H and O–H groups in total. The molecule has 6 rings (SSSR count). The molecule has 36 heavy (non-hydrogen) atoms. The molecule has 1 aromatic carbocycles. The third-order valence-electron chi connectivity index (χ3n) is 7.12. The van der Waals surface area contributed by atoms with Crippen molar-refractivity contribution in [2.75, 3.05) is 24.5 Å². The summed E-state index contributed by atoms with van der Waals surface area (Å²) < 4.78 is 31.8. The Morgan fingerprint density at radius 2 is 2.08 bits per heavy atom. The monoisotopic (exact) mass is 497 g/mol. The molecule has 3 aromatic rings. The summed E-state index contributed by atoms with van der Waals surface area (Å²) >= 11 is 0. The molecule has 192 valence electrons. The summed E-state index contributed by atoms with van der Waals surface area (Å²) in [6.07, 6.45) is 6.62. The number of nitrogens with zero attached hydrogens (tertiary/aromatic N) is 3. The van der Waals surface area contributed by atoms with Gasteiger partial charge in [0.15, 0.2) is 0 Å². The molecule has 2 atom stereocenters. The highest BCUT2D eigenvalue weighted by molar-refractivity contribution is 5.97. The maximum atomic E-state index is 15.0. The van der Waals surface area contributed by atoms with E-state index in [0.29, 0.717) is 36.0 Å². The van der Waals surface area contributed by atoms with Gasteiger partial charge in [0.25, 0.3) is 5.91 Å². The minimum Gasteiger partial charge on any atom is -0.389 e. The Morgan fingerprint density at radius 1 is 1.25 bits per heavy atom.